The molecule has 0 saturated heterocycles. The van der Waals surface area contributed by atoms with E-state index in [9.17, 15) is 16.8 Å². The van der Waals surface area contributed by atoms with Crippen LogP contribution in [0, 0.1) is 0 Å². The lowest BCUT2D eigenvalue weighted by molar-refractivity contribution is -0.927. The average Bonchev–Trinajstić information content (AvgIpc) is 3.22. The quantitative estimate of drug-likeness (QED) is 0.0351. The summed E-state index contributed by atoms with van der Waals surface area (Å²) in [7, 11) is -18.5. The summed E-state index contributed by atoms with van der Waals surface area (Å²) in [5.74, 6) is 0. The van der Waals surface area contributed by atoms with E-state index in [0.29, 0.717) is 0 Å². The standard InChI is InChI=1S/C23H56NO2Si3.C21H51NO2Si3.C4H10O4S.C2H6O4S.4CH4/c1-11-15-19-24(14-4,20-16-12-2)21-18-23-28(7,8)26-29(9,10)25-27(5,6)22-17-13-3;1-10-13-17-22(18-14-11-2)19-16-21-26(6,7)24-27(8,9)23-25(4,5)20-15-12-3;1-3-7-9(5,6)8-4-2;1-2-6-7(3,4)5;;;;/h11-23H2,1-10H3;10-21H2,1-9H3;3-4H2,1-2H3;2H2,1H3,(H,3,4,5);4*1H4/q+1;;;;;;;. The van der Waals surface area contributed by atoms with Crippen LogP contribution in [0.4, 0.5) is 0 Å². The van der Waals surface area contributed by atoms with Gasteiger partial charge < -0.3 is 25.8 Å². The molecule has 0 bridgehead atoms. The molecule has 0 aliphatic carbocycles. The first-order chi connectivity index (χ1) is 33.0. The second kappa shape index (κ2) is 49.2. The third-order valence-corrected chi connectivity index (χ3v) is 36.6. The van der Waals surface area contributed by atoms with Crippen molar-refractivity contribution in [3.8, 4) is 0 Å². The van der Waals surface area contributed by atoms with Gasteiger partial charge in [0.15, 0.2) is 33.3 Å². The van der Waals surface area contributed by atoms with E-state index in [4.69, 9.17) is 21.0 Å². The summed E-state index contributed by atoms with van der Waals surface area (Å²) in [5.41, 5.74) is 0. The summed E-state index contributed by atoms with van der Waals surface area (Å²) in [5, 5.41) is 0. The first-order valence-corrected chi connectivity index (χ1v) is 49.3. The van der Waals surface area contributed by atoms with Crippen molar-refractivity contribution in [3.05, 3.63) is 0 Å². The molecule has 0 aliphatic heterocycles. The van der Waals surface area contributed by atoms with E-state index in [-0.39, 0.29) is 49.5 Å². The maximum absolute atomic E-state index is 10.4. The Balaban J connectivity index is -0.000000151. The third-order valence-electron chi connectivity index (χ3n) is 12.1. The van der Waals surface area contributed by atoms with Crippen molar-refractivity contribution >= 4 is 71.2 Å². The molecule has 0 amide bonds. The minimum atomic E-state index is -4.17. The largest absolute Gasteiger partial charge is 0.437 e. The molecule has 0 radical (unpaired) electrons. The van der Waals surface area contributed by atoms with E-state index >= 15 is 0 Å². The predicted octanol–water partition coefficient (Wildman–Crippen LogP) is 17.7. The lowest BCUT2D eigenvalue weighted by atomic mass is 10.2. The van der Waals surface area contributed by atoms with Crippen molar-refractivity contribution in [2.75, 3.05) is 65.6 Å². The normalized spacial score (nSPS) is 12.6. The van der Waals surface area contributed by atoms with Crippen molar-refractivity contribution in [2.24, 2.45) is 0 Å². The van der Waals surface area contributed by atoms with Gasteiger partial charge in [-0.3, -0.25) is 4.55 Å². The molecule has 0 saturated carbocycles. The molecule has 0 aromatic carbocycles. The van der Waals surface area contributed by atoms with Crippen LogP contribution in [-0.4, -0.2) is 147 Å². The molecule has 472 valence electrons. The van der Waals surface area contributed by atoms with E-state index in [1.165, 1.54) is 171 Å². The molecule has 0 aromatic rings. The molecular weight excluding hydrogens is 1100 g/mol. The zero-order valence-electron chi connectivity index (χ0n) is 51.4. The monoisotopic (exact) mass is 1240 g/mol. The summed E-state index contributed by atoms with van der Waals surface area (Å²) in [6.45, 7) is 58.3. The molecule has 76 heavy (non-hydrogen) atoms. The van der Waals surface area contributed by atoms with Gasteiger partial charge in [-0.2, -0.15) is 16.8 Å². The zero-order valence-corrected chi connectivity index (χ0v) is 59.1. The van der Waals surface area contributed by atoms with Crippen LogP contribution >= 0.6 is 0 Å². The SMILES string of the molecule is C.C.C.C.CCCCN(CCCC)CCC[Si](C)(C)O[Si](C)(C)O[Si](C)(C)CCCC.CCCC[N+](CC)(CCCC)CCC[Si](C)(C)O[Si](C)(C)O[Si](C)(C)CCCC.CCOS(=O)(=O)O.CCOS(=O)(=O)OCC. The minimum absolute atomic E-state index is 0. The highest BCUT2D eigenvalue weighted by Gasteiger charge is 2.41. The highest BCUT2D eigenvalue weighted by Crippen LogP contribution is 2.29. The van der Waals surface area contributed by atoms with Crippen LogP contribution < -0.4 is 0 Å². The Labute approximate surface area is 485 Å². The summed E-state index contributed by atoms with van der Waals surface area (Å²) < 4.78 is 88.2. The Kier molecular flexibility index (Phi) is 60.4. The second-order valence-corrected chi connectivity index (χ2v) is 50.1. The molecule has 0 fully saturated rings. The molecule has 0 heterocycles. The van der Waals surface area contributed by atoms with E-state index in [1.807, 2.05) is 0 Å². The van der Waals surface area contributed by atoms with Crippen LogP contribution in [0.25, 0.3) is 0 Å². The van der Waals surface area contributed by atoms with Crippen molar-refractivity contribution < 1.29 is 54.9 Å². The van der Waals surface area contributed by atoms with Crippen molar-refractivity contribution in [2.45, 2.75) is 292 Å². The Bertz CT molecular complexity index is 1490. The molecule has 0 spiro atoms. The molecular formula is C54H139N2O12S2Si6+. The number of hydrogen-bond donors (Lipinski definition) is 1. The Morgan fingerprint density at radius 3 is 0.895 bits per heavy atom. The lowest BCUT2D eigenvalue weighted by Crippen LogP contribution is -2.53. The molecule has 0 atom stereocenters. The van der Waals surface area contributed by atoms with Gasteiger partial charge in [-0.25, -0.2) is 12.5 Å². The van der Waals surface area contributed by atoms with Crippen LogP contribution in [0.5, 0.6) is 0 Å². The van der Waals surface area contributed by atoms with E-state index < -0.39 is 71.2 Å². The highest BCUT2D eigenvalue weighted by molar-refractivity contribution is 7.81. The molecule has 22 heteroatoms. The molecule has 14 nitrogen and oxygen atoms in total. The maximum atomic E-state index is 10.4. The van der Waals surface area contributed by atoms with Crippen molar-refractivity contribution in [1.82, 2.24) is 4.90 Å². The van der Waals surface area contributed by atoms with Gasteiger partial charge >= 0.3 is 37.9 Å². The molecule has 0 aromatic heterocycles. The Morgan fingerprint density at radius 2 is 0.645 bits per heavy atom. The highest BCUT2D eigenvalue weighted by atomic mass is 32.3. The smallest absolute Gasteiger partial charge is 0.399 e. The Hall–Kier alpha value is 0.801. The van der Waals surface area contributed by atoms with Gasteiger partial charge in [0.1, 0.15) is 0 Å². The molecule has 1 N–H and O–H groups in total. The fourth-order valence-corrected chi connectivity index (χ4v) is 38.4. The number of nitrogens with zero attached hydrogens (tertiary/aromatic N) is 2. The maximum Gasteiger partial charge on any atom is 0.399 e. The van der Waals surface area contributed by atoms with Crippen LogP contribution in [0.2, 0.25) is 103 Å². The zero-order chi connectivity index (χ0) is 56.8. The number of quaternary nitrogens is 1. The van der Waals surface area contributed by atoms with Crippen LogP contribution in [0.15, 0.2) is 0 Å². The van der Waals surface area contributed by atoms with Gasteiger partial charge in [0.25, 0.3) is 0 Å². The van der Waals surface area contributed by atoms with Gasteiger partial charge in [0.05, 0.1) is 46.0 Å². The summed E-state index contributed by atoms with van der Waals surface area (Å²) in [6, 6.07) is 5.03. The molecule has 0 unspecified atom stereocenters. The van der Waals surface area contributed by atoms with E-state index in [0.717, 1.165) is 0 Å². The van der Waals surface area contributed by atoms with Gasteiger partial charge in [-0.05, 0) is 189 Å². The number of rotatable bonds is 41. The number of unbranched alkanes of at least 4 members (excludes halogenated alkanes) is 6. The van der Waals surface area contributed by atoms with Crippen LogP contribution in [-0.2, 0) is 49.8 Å². The van der Waals surface area contributed by atoms with E-state index in [2.05, 4.69) is 144 Å². The average molecular weight is 1240 g/mol. The first kappa shape index (κ1) is 93.2. The van der Waals surface area contributed by atoms with Gasteiger partial charge in [0.2, 0.25) is 0 Å². The summed E-state index contributed by atoms with van der Waals surface area (Å²) >= 11 is 0. The van der Waals surface area contributed by atoms with Gasteiger partial charge in [0, 0.05) is 0 Å². The topological polar surface area (TPSA) is 156 Å². The minimum Gasteiger partial charge on any atom is -0.437 e. The second-order valence-electron chi connectivity index (χ2n) is 22.8. The summed E-state index contributed by atoms with van der Waals surface area (Å²) in [6.07, 6.45) is 18.3. The van der Waals surface area contributed by atoms with Gasteiger partial charge in [-0.1, -0.05) is 123 Å². The van der Waals surface area contributed by atoms with Crippen LogP contribution in [0.3, 0.4) is 0 Å². The van der Waals surface area contributed by atoms with Crippen molar-refractivity contribution in [1.29, 1.82) is 0 Å². The van der Waals surface area contributed by atoms with Gasteiger partial charge in [-0.15, -0.1) is 0 Å². The molecule has 0 rings (SSSR count). The predicted molar refractivity (Wildman–Crippen MR) is 351 cm³/mol. The third kappa shape index (κ3) is 59.4. The fraction of sp³-hybridized carbons (Fsp3) is 1.00. The van der Waals surface area contributed by atoms with E-state index in [1.54, 1.807) is 13.8 Å². The Morgan fingerprint density at radius 1 is 0.382 bits per heavy atom. The van der Waals surface area contributed by atoms with Crippen LogP contribution in [0.1, 0.15) is 189 Å². The van der Waals surface area contributed by atoms with Crippen molar-refractivity contribution in [3.63, 3.8) is 0 Å². The number of hydrogen-bond acceptors (Lipinski definition) is 12. The lowest BCUT2D eigenvalue weighted by Gasteiger charge is -2.40. The summed E-state index contributed by atoms with van der Waals surface area (Å²) in [4.78, 5) is 2.68. The molecule has 0 aliphatic rings. The first-order valence-electron chi connectivity index (χ1n) is 28.5. The fourth-order valence-electron chi connectivity index (χ4n) is 9.05.